The Morgan fingerprint density at radius 3 is 2.70 bits per heavy atom. The van der Waals surface area contributed by atoms with E-state index in [2.05, 4.69) is 27.2 Å². The average Bonchev–Trinajstić information content (AvgIpc) is 3.31. The minimum Gasteiger partial charge on any atom is -0.337 e. The molecule has 0 amide bonds. The summed E-state index contributed by atoms with van der Waals surface area (Å²) >= 11 is 0. The number of likely N-dealkylation sites (tertiary alicyclic amines) is 1. The quantitative estimate of drug-likeness (QED) is 0.763. The number of hydrogen-bond donors (Lipinski definition) is 1. The van der Waals surface area contributed by atoms with Gasteiger partial charge in [0.2, 0.25) is 11.7 Å². The minimum atomic E-state index is -0.275. The Labute approximate surface area is 158 Å². The lowest BCUT2D eigenvalue weighted by atomic mass is 9.95. The Hall–Kier alpha value is -2.57. The van der Waals surface area contributed by atoms with Gasteiger partial charge in [0.15, 0.2) is 0 Å². The van der Waals surface area contributed by atoms with Crippen LogP contribution in [0.25, 0.3) is 11.4 Å². The SMILES string of the molecule is Cc1ccc(-c2noc(C(C)N3C[C@@H](N)[C@H](c4ccccc4)C3)n2)cc1F. The molecule has 3 aromatic rings. The molecule has 140 valence electrons. The molecule has 0 bridgehead atoms. The molecule has 4 rings (SSSR count). The summed E-state index contributed by atoms with van der Waals surface area (Å²) in [6, 6.07) is 15.3. The maximum Gasteiger partial charge on any atom is 0.244 e. The van der Waals surface area contributed by atoms with Crippen molar-refractivity contribution in [1.82, 2.24) is 15.0 Å². The topological polar surface area (TPSA) is 68.2 Å². The maximum atomic E-state index is 13.8. The second-order valence-electron chi connectivity index (χ2n) is 7.23. The molecule has 0 aliphatic carbocycles. The smallest absolute Gasteiger partial charge is 0.244 e. The Kier molecular flexibility index (Phi) is 4.76. The van der Waals surface area contributed by atoms with Crippen molar-refractivity contribution in [3.05, 3.63) is 71.4 Å². The summed E-state index contributed by atoms with van der Waals surface area (Å²) in [5.74, 6) is 0.927. The number of halogens is 1. The van der Waals surface area contributed by atoms with Crippen LogP contribution in [0.1, 0.15) is 35.9 Å². The van der Waals surface area contributed by atoms with Crippen LogP contribution in [0.2, 0.25) is 0 Å². The minimum absolute atomic E-state index is 0.0543. The fraction of sp³-hybridized carbons (Fsp3) is 0.333. The van der Waals surface area contributed by atoms with Crippen molar-refractivity contribution < 1.29 is 8.91 Å². The van der Waals surface area contributed by atoms with E-state index in [1.54, 1.807) is 19.1 Å². The van der Waals surface area contributed by atoms with Crippen LogP contribution in [0, 0.1) is 12.7 Å². The number of hydrogen-bond acceptors (Lipinski definition) is 5. The van der Waals surface area contributed by atoms with Gasteiger partial charge in [0.25, 0.3) is 0 Å². The molecule has 3 atom stereocenters. The van der Waals surface area contributed by atoms with Crippen molar-refractivity contribution >= 4 is 0 Å². The molecule has 1 aliphatic rings. The van der Waals surface area contributed by atoms with Gasteiger partial charge in [0, 0.05) is 30.6 Å². The molecule has 1 aliphatic heterocycles. The first kappa shape index (κ1) is 17.8. The highest BCUT2D eigenvalue weighted by Gasteiger charge is 2.35. The first-order chi connectivity index (χ1) is 13.0. The Bertz CT molecular complexity index is 927. The fourth-order valence-corrected chi connectivity index (χ4v) is 3.64. The summed E-state index contributed by atoms with van der Waals surface area (Å²) in [5.41, 5.74) is 8.85. The Balaban J connectivity index is 1.51. The molecular weight excluding hydrogens is 343 g/mol. The second-order valence-corrected chi connectivity index (χ2v) is 7.23. The van der Waals surface area contributed by atoms with Gasteiger partial charge in [-0.25, -0.2) is 4.39 Å². The first-order valence-electron chi connectivity index (χ1n) is 9.17. The second kappa shape index (κ2) is 7.21. The highest BCUT2D eigenvalue weighted by Crippen LogP contribution is 2.32. The largest absolute Gasteiger partial charge is 0.337 e. The van der Waals surface area contributed by atoms with E-state index in [4.69, 9.17) is 10.3 Å². The molecule has 1 aromatic heterocycles. The van der Waals surface area contributed by atoms with E-state index in [0.717, 1.165) is 13.1 Å². The normalized spacial score (nSPS) is 21.5. The lowest BCUT2D eigenvalue weighted by molar-refractivity contribution is 0.206. The molecule has 1 unspecified atom stereocenters. The third kappa shape index (κ3) is 3.50. The number of aromatic nitrogens is 2. The van der Waals surface area contributed by atoms with E-state index < -0.39 is 0 Å². The van der Waals surface area contributed by atoms with Crippen LogP contribution in [0.5, 0.6) is 0 Å². The van der Waals surface area contributed by atoms with Crippen LogP contribution < -0.4 is 5.73 Å². The van der Waals surface area contributed by atoms with Gasteiger partial charge in [-0.1, -0.05) is 47.6 Å². The predicted molar refractivity (Wildman–Crippen MR) is 102 cm³/mol. The summed E-state index contributed by atoms with van der Waals surface area (Å²) in [4.78, 5) is 6.75. The molecule has 2 N–H and O–H groups in total. The molecule has 27 heavy (non-hydrogen) atoms. The van der Waals surface area contributed by atoms with Gasteiger partial charge in [-0.15, -0.1) is 0 Å². The summed E-state index contributed by atoms with van der Waals surface area (Å²) in [6.07, 6.45) is 0. The molecule has 2 aromatic carbocycles. The molecule has 6 heteroatoms. The van der Waals surface area contributed by atoms with E-state index in [1.807, 2.05) is 25.1 Å². The predicted octanol–water partition coefficient (Wildman–Crippen LogP) is 3.67. The highest BCUT2D eigenvalue weighted by atomic mass is 19.1. The number of rotatable bonds is 4. The number of aryl methyl sites for hydroxylation is 1. The number of nitrogens with two attached hydrogens (primary N) is 1. The monoisotopic (exact) mass is 366 g/mol. The van der Waals surface area contributed by atoms with Crippen LogP contribution in [0.15, 0.2) is 53.1 Å². The molecule has 0 radical (unpaired) electrons. The summed E-state index contributed by atoms with van der Waals surface area (Å²) in [7, 11) is 0. The zero-order valence-electron chi connectivity index (χ0n) is 15.5. The third-order valence-corrected chi connectivity index (χ3v) is 5.40. The van der Waals surface area contributed by atoms with E-state index in [9.17, 15) is 4.39 Å². The zero-order valence-corrected chi connectivity index (χ0v) is 15.5. The zero-order chi connectivity index (χ0) is 19.0. The van der Waals surface area contributed by atoms with Crippen LogP contribution in [-0.4, -0.2) is 34.2 Å². The molecule has 5 nitrogen and oxygen atoms in total. The van der Waals surface area contributed by atoms with Crippen molar-refractivity contribution in [1.29, 1.82) is 0 Å². The summed E-state index contributed by atoms with van der Waals surface area (Å²) < 4.78 is 19.3. The molecule has 1 saturated heterocycles. The van der Waals surface area contributed by atoms with Crippen molar-refractivity contribution in [2.75, 3.05) is 13.1 Å². The fourth-order valence-electron chi connectivity index (χ4n) is 3.64. The van der Waals surface area contributed by atoms with Crippen molar-refractivity contribution in [2.45, 2.75) is 31.8 Å². The standard InChI is InChI=1S/C21H23FN4O/c1-13-8-9-16(10-18(13)22)20-24-21(27-25-20)14(2)26-11-17(19(23)12-26)15-6-4-3-5-7-15/h3-10,14,17,19H,11-12,23H2,1-2H3/t14?,17-,19+/m0/s1. The van der Waals surface area contributed by atoms with Crippen LogP contribution in [0.3, 0.4) is 0 Å². The van der Waals surface area contributed by atoms with Crippen molar-refractivity contribution in [2.24, 2.45) is 5.73 Å². The van der Waals surface area contributed by atoms with E-state index >= 15 is 0 Å². The summed E-state index contributed by atoms with van der Waals surface area (Å²) in [6.45, 7) is 5.36. The Morgan fingerprint density at radius 2 is 1.96 bits per heavy atom. The van der Waals surface area contributed by atoms with E-state index in [1.165, 1.54) is 11.6 Å². The van der Waals surface area contributed by atoms with E-state index in [-0.39, 0.29) is 23.8 Å². The number of benzene rings is 2. The number of nitrogens with zero attached hydrogens (tertiary/aromatic N) is 3. The van der Waals surface area contributed by atoms with Crippen molar-refractivity contribution in [3.63, 3.8) is 0 Å². The third-order valence-electron chi connectivity index (χ3n) is 5.40. The molecule has 0 saturated carbocycles. The van der Waals surface area contributed by atoms with Gasteiger partial charge in [-0.05, 0) is 31.0 Å². The van der Waals surface area contributed by atoms with Gasteiger partial charge in [-0.2, -0.15) is 4.98 Å². The lowest BCUT2D eigenvalue weighted by Crippen LogP contribution is -2.30. The van der Waals surface area contributed by atoms with Gasteiger partial charge in [0.1, 0.15) is 5.82 Å². The van der Waals surface area contributed by atoms with Crippen molar-refractivity contribution in [3.8, 4) is 11.4 Å². The van der Waals surface area contributed by atoms with Gasteiger partial charge >= 0.3 is 0 Å². The van der Waals surface area contributed by atoms with Gasteiger partial charge < -0.3 is 10.3 Å². The first-order valence-corrected chi connectivity index (χ1v) is 9.17. The Morgan fingerprint density at radius 1 is 1.19 bits per heavy atom. The van der Waals surface area contributed by atoms with Crippen LogP contribution in [-0.2, 0) is 0 Å². The van der Waals surface area contributed by atoms with Gasteiger partial charge in [-0.3, -0.25) is 4.90 Å². The molecule has 2 heterocycles. The molecule has 1 fully saturated rings. The highest BCUT2D eigenvalue weighted by molar-refractivity contribution is 5.55. The van der Waals surface area contributed by atoms with Crippen LogP contribution in [0.4, 0.5) is 4.39 Å². The maximum absolute atomic E-state index is 13.8. The molecular formula is C21H23FN4O. The van der Waals surface area contributed by atoms with Gasteiger partial charge in [0.05, 0.1) is 6.04 Å². The lowest BCUT2D eigenvalue weighted by Gasteiger charge is -2.20. The van der Waals surface area contributed by atoms with Crippen LogP contribution >= 0.6 is 0 Å². The molecule has 0 spiro atoms. The summed E-state index contributed by atoms with van der Waals surface area (Å²) in [5, 5.41) is 4.04. The van der Waals surface area contributed by atoms with E-state index in [0.29, 0.717) is 22.8 Å². The average molecular weight is 366 g/mol.